The molecule has 3 atom stereocenters. The van der Waals surface area contributed by atoms with E-state index in [4.69, 9.17) is 0 Å². The Morgan fingerprint density at radius 3 is 3.00 bits per heavy atom. The lowest BCUT2D eigenvalue weighted by atomic mass is 9.89. The number of benzene rings is 1. The summed E-state index contributed by atoms with van der Waals surface area (Å²) in [5, 5.41) is 30.6. The van der Waals surface area contributed by atoms with Crippen LogP contribution in [0.2, 0.25) is 0 Å². The molecule has 0 aromatic heterocycles. The molecule has 34 heavy (non-hydrogen) atoms. The molecule has 3 unspecified atom stereocenters. The SMILES string of the molecule is CN(C)c1ccc2c(c1)CN(C(O)NCCCC1C=CC3=C(NCCC3)N1)CCC2CC(=O)O. The number of carbonyl (C=O) groups is 1. The first-order valence-electron chi connectivity index (χ1n) is 12.5. The minimum Gasteiger partial charge on any atom is -0.481 e. The zero-order chi connectivity index (χ0) is 24.1. The molecule has 3 heterocycles. The van der Waals surface area contributed by atoms with Crippen LogP contribution in [0.3, 0.4) is 0 Å². The molecule has 0 fully saturated rings. The standard InChI is InChI=1S/C26H39N5O3/c1-30(2)22-9-10-23-19(16-24(32)33)11-14-31(17-20(23)15-22)26(34)28-13-4-6-21-8-7-18-5-3-12-27-25(18)29-21/h7-10,15,19,21,26-29,34H,3-6,11-14,16-17H2,1-2H3,(H,32,33). The van der Waals surface area contributed by atoms with Crippen molar-refractivity contribution in [3.05, 3.63) is 52.9 Å². The first-order chi connectivity index (χ1) is 16.4. The topological polar surface area (TPSA) is 100 Å². The van der Waals surface area contributed by atoms with Gasteiger partial charge in [0, 0.05) is 45.5 Å². The number of nitrogens with one attached hydrogen (secondary N) is 3. The summed E-state index contributed by atoms with van der Waals surface area (Å²) < 4.78 is 0. The minimum absolute atomic E-state index is 0.0438. The number of allylic oxidation sites excluding steroid dienone is 2. The van der Waals surface area contributed by atoms with E-state index in [9.17, 15) is 15.0 Å². The van der Waals surface area contributed by atoms with Gasteiger partial charge in [0.2, 0.25) is 0 Å². The van der Waals surface area contributed by atoms with Crippen LogP contribution >= 0.6 is 0 Å². The molecule has 1 aromatic carbocycles. The van der Waals surface area contributed by atoms with Gasteiger partial charge in [-0.1, -0.05) is 18.2 Å². The average Bonchev–Trinajstić information content (AvgIpc) is 3.00. The van der Waals surface area contributed by atoms with Gasteiger partial charge in [0.25, 0.3) is 0 Å². The second kappa shape index (κ2) is 11.3. The van der Waals surface area contributed by atoms with Crippen molar-refractivity contribution in [2.75, 3.05) is 38.6 Å². The van der Waals surface area contributed by atoms with Crippen LogP contribution in [-0.2, 0) is 11.3 Å². The lowest BCUT2D eigenvalue weighted by Crippen LogP contribution is -2.46. The quantitative estimate of drug-likeness (QED) is 0.278. The molecule has 0 bridgehead atoms. The maximum absolute atomic E-state index is 11.5. The first-order valence-corrected chi connectivity index (χ1v) is 12.5. The second-order valence-corrected chi connectivity index (χ2v) is 9.84. The van der Waals surface area contributed by atoms with Crippen molar-refractivity contribution >= 4 is 11.7 Å². The monoisotopic (exact) mass is 469 g/mol. The third kappa shape index (κ3) is 6.11. The van der Waals surface area contributed by atoms with Crippen molar-refractivity contribution in [2.45, 2.75) is 63.4 Å². The fraction of sp³-hybridized carbons (Fsp3) is 0.577. The minimum atomic E-state index is -0.781. The Bertz CT molecular complexity index is 929. The van der Waals surface area contributed by atoms with Crippen LogP contribution in [0, 0.1) is 0 Å². The highest BCUT2D eigenvalue weighted by Gasteiger charge is 2.27. The predicted molar refractivity (Wildman–Crippen MR) is 134 cm³/mol. The van der Waals surface area contributed by atoms with Gasteiger partial charge in [-0.3, -0.25) is 15.0 Å². The lowest BCUT2D eigenvalue weighted by molar-refractivity contribution is -0.137. The Morgan fingerprint density at radius 2 is 2.21 bits per heavy atom. The van der Waals surface area contributed by atoms with Crippen molar-refractivity contribution in [1.82, 2.24) is 20.9 Å². The molecule has 0 amide bonds. The molecule has 0 saturated carbocycles. The molecule has 8 heteroatoms. The number of nitrogens with zero attached hydrogens (tertiary/aromatic N) is 2. The fourth-order valence-corrected chi connectivity index (χ4v) is 5.17. The van der Waals surface area contributed by atoms with E-state index < -0.39 is 12.3 Å². The van der Waals surface area contributed by atoms with Gasteiger partial charge in [-0.15, -0.1) is 0 Å². The molecule has 0 aliphatic carbocycles. The Morgan fingerprint density at radius 1 is 1.35 bits per heavy atom. The number of dihydropyridines is 1. The summed E-state index contributed by atoms with van der Waals surface area (Å²) in [7, 11) is 4.00. The van der Waals surface area contributed by atoms with E-state index in [2.05, 4.69) is 40.2 Å². The molecule has 186 valence electrons. The zero-order valence-electron chi connectivity index (χ0n) is 20.4. The Labute approximate surface area is 202 Å². The third-order valence-corrected chi connectivity index (χ3v) is 7.11. The van der Waals surface area contributed by atoms with E-state index in [1.54, 1.807) is 0 Å². The van der Waals surface area contributed by atoms with E-state index in [1.165, 1.54) is 17.8 Å². The highest BCUT2D eigenvalue weighted by atomic mass is 16.4. The number of carboxylic acid groups (broad SMARTS) is 1. The number of aliphatic hydroxyl groups excluding tert-OH is 1. The first kappa shape index (κ1) is 24.6. The number of hydrogen-bond donors (Lipinski definition) is 5. The molecular weight excluding hydrogens is 430 g/mol. The number of aliphatic hydroxyl groups is 1. The predicted octanol–water partition coefficient (Wildman–Crippen LogP) is 2.29. The maximum atomic E-state index is 11.5. The highest BCUT2D eigenvalue weighted by Crippen LogP contribution is 2.33. The largest absolute Gasteiger partial charge is 0.481 e. The number of rotatable bonds is 9. The van der Waals surface area contributed by atoms with Gasteiger partial charge in [-0.05, 0) is 73.4 Å². The van der Waals surface area contributed by atoms with Crippen LogP contribution in [0.25, 0.3) is 0 Å². The molecule has 1 aromatic rings. The van der Waals surface area contributed by atoms with Gasteiger partial charge < -0.3 is 25.7 Å². The van der Waals surface area contributed by atoms with Crippen LogP contribution in [0.4, 0.5) is 5.69 Å². The van der Waals surface area contributed by atoms with Gasteiger partial charge in [-0.2, -0.15) is 0 Å². The maximum Gasteiger partial charge on any atom is 0.303 e. The molecule has 0 radical (unpaired) electrons. The summed E-state index contributed by atoms with van der Waals surface area (Å²) in [5.74, 6) is 0.358. The molecule has 4 rings (SSSR count). The van der Waals surface area contributed by atoms with E-state index >= 15 is 0 Å². The number of aliphatic carboxylic acids is 1. The number of anilines is 1. The molecule has 0 spiro atoms. The third-order valence-electron chi connectivity index (χ3n) is 7.11. The van der Waals surface area contributed by atoms with Crippen molar-refractivity contribution in [2.24, 2.45) is 0 Å². The van der Waals surface area contributed by atoms with Crippen LogP contribution < -0.4 is 20.9 Å². The molecule has 8 nitrogen and oxygen atoms in total. The van der Waals surface area contributed by atoms with E-state index in [1.807, 2.05) is 30.0 Å². The fourth-order valence-electron chi connectivity index (χ4n) is 5.17. The Kier molecular flexibility index (Phi) is 8.13. The summed E-state index contributed by atoms with van der Waals surface area (Å²) in [6.45, 7) is 2.99. The van der Waals surface area contributed by atoms with Gasteiger partial charge in [-0.25, -0.2) is 0 Å². The summed E-state index contributed by atoms with van der Waals surface area (Å²) in [5.41, 5.74) is 4.63. The molecule has 3 aliphatic heterocycles. The number of fused-ring (bicyclic) bond motifs is 1. The lowest BCUT2D eigenvalue weighted by Gasteiger charge is -2.30. The second-order valence-electron chi connectivity index (χ2n) is 9.84. The van der Waals surface area contributed by atoms with E-state index in [0.29, 0.717) is 32.1 Å². The molecule has 0 saturated heterocycles. The van der Waals surface area contributed by atoms with Crippen LogP contribution in [-0.4, -0.2) is 67.2 Å². The van der Waals surface area contributed by atoms with Crippen molar-refractivity contribution < 1.29 is 15.0 Å². The van der Waals surface area contributed by atoms with Crippen LogP contribution in [0.5, 0.6) is 0 Å². The summed E-state index contributed by atoms with van der Waals surface area (Å²) in [6.07, 6.45) is 8.81. The average molecular weight is 470 g/mol. The molecular formula is C26H39N5O3. The van der Waals surface area contributed by atoms with Gasteiger partial charge in [0.1, 0.15) is 5.82 Å². The zero-order valence-corrected chi connectivity index (χ0v) is 20.4. The molecule has 5 N–H and O–H groups in total. The Balaban J connectivity index is 1.31. The van der Waals surface area contributed by atoms with E-state index in [-0.39, 0.29) is 12.3 Å². The summed E-state index contributed by atoms with van der Waals surface area (Å²) >= 11 is 0. The van der Waals surface area contributed by atoms with Crippen molar-refractivity contribution in [3.8, 4) is 0 Å². The summed E-state index contributed by atoms with van der Waals surface area (Å²) in [4.78, 5) is 15.5. The smallest absolute Gasteiger partial charge is 0.303 e. The van der Waals surface area contributed by atoms with Gasteiger partial charge in [0.15, 0.2) is 6.35 Å². The van der Waals surface area contributed by atoms with Crippen LogP contribution in [0.15, 0.2) is 41.7 Å². The highest BCUT2D eigenvalue weighted by molar-refractivity contribution is 5.68. The van der Waals surface area contributed by atoms with Crippen LogP contribution in [0.1, 0.15) is 55.6 Å². The normalized spacial score (nSPS) is 23.3. The van der Waals surface area contributed by atoms with Crippen molar-refractivity contribution in [1.29, 1.82) is 0 Å². The van der Waals surface area contributed by atoms with Crippen molar-refractivity contribution in [3.63, 3.8) is 0 Å². The Hall–Kier alpha value is -2.55. The number of carboxylic acids is 1. The van der Waals surface area contributed by atoms with Gasteiger partial charge in [0.05, 0.1) is 6.42 Å². The van der Waals surface area contributed by atoms with Gasteiger partial charge >= 0.3 is 5.97 Å². The molecule has 3 aliphatic rings. The van der Waals surface area contributed by atoms with E-state index in [0.717, 1.165) is 42.6 Å². The number of hydrogen-bond acceptors (Lipinski definition) is 7. The summed E-state index contributed by atoms with van der Waals surface area (Å²) in [6, 6.07) is 6.55.